The van der Waals surface area contributed by atoms with Crippen molar-refractivity contribution in [3.63, 3.8) is 0 Å². The van der Waals surface area contributed by atoms with E-state index < -0.39 is 0 Å². The van der Waals surface area contributed by atoms with Crippen LogP contribution in [0.15, 0.2) is 48.5 Å². The number of hydrogen-bond donors (Lipinski definition) is 1. The molecular weight excluding hydrogens is 312 g/mol. The van der Waals surface area contributed by atoms with E-state index in [1.807, 2.05) is 35.2 Å². The maximum absolute atomic E-state index is 12.7. The van der Waals surface area contributed by atoms with Crippen molar-refractivity contribution in [2.45, 2.75) is 25.8 Å². The number of ether oxygens (including phenoxy) is 1. The molecule has 0 saturated carbocycles. The number of nitrogens with zero attached hydrogens (tertiary/aromatic N) is 1. The second-order valence-electron chi connectivity index (χ2n) is 6.50. The maximum Gasteiger partial charge on any atom is 0.223 e. The van der Waals surface area contributed by atoms with Crippen molar-refractivity contribution in [1.29, 1.82) is 0 Å². The van der Waals surface area contributed by atoms with E-state index in [4.69, 9.17) is 4.74 Å². The van der Waals surface area contributed by atoms with Crippen LogP contribution in [0.1, 0.15) is 23.2 Å². The number of carbonyl (C=O) groups is 1. The van der Waals surface area contributed by atoms with Crippen LogP contribution in [0.25, 0.3) is 10.9 Å². The molecule has 128 valence electrons. The van der Waals surface area contributed by atoms with E-state index in [2.05, 4.69) is 23.2 Å². The Balaban J connectivity index is 1.45. The first kappa shape index (κ1) is 15.8. The summed E-state index contributed by atoms with van der Waals surface area (Å²) in [5.74, 6) is 1.06. The average molecular weight is 334 g/mol. The minimum atomic E-state index is 0.204. The van der Waals surface area contributed by atoms with Crippen LogP contribution >= 0.6 is 0 Å². The van der Waals surface area contributed by atoms with Gasteiger partial charge in [-0.1, -0.05) is 36.4 Å². The van der Waals surface area contributed by atoms with Crippen molar-refractivity contribution in [1.82, 2.24) is 9.88 Å². The summed E-state index contributed by atoms with van der Waals surface area (Å²) in [4.78, 5) is 18.1. The molecule has 4 nitrogen and oxygen atoms in total. The molecule has 2 aromatic carbocycles. The Kier molecular flexibility index (Phi) is 4.18. The number of para-hydroxylation sites is 2. The summed E-state index contributed by atoms with van der Waals surface area (Å²) in [6, 6.07) is 16.3. The third kappa shape index (κ3) is 3.00. The van der Waals surface area contributed by atoms with Crippen LogP contribution in [0, 0.1) is 0 Å². The molecule has 0 fully saturated rings. The molecule has 0 radical (unpaired) electrons. The van der Waals surface area contributed by atoms with E-state index in [1.54, 1.807) is 7.11 Å². The fraction of sp³-hybridized carbons (Fsp3) is 0.286. The van der Waals surface area contributed by atoms with Gasteiger partial charge in [0.25, 0.3) is 0 Å². The molecular formula is C21H22N2O2. The smallest absolute Gasteiger partial charge is 0.223 e. The van der Waals surface area contributed by atoms with Gasteiger partial charge in [-0.25, -0.2) is 0 Å². The van der Waals surface area contributed by atoms with E-state index in [9.17, 15) is 4.79 Å². The number of fused-ring (bicyclic) bond motifs is 3. The molecule has 4 rings (SSSR count). The molecule has 0 saturated heterocycles. The van der Waals surface area contributed by atoms with E-state index >= 15 is 0 Å². The van der Waals surface area contributed by atoms with Gasteiger partial charge in [0.15, 0.2) is 0 Å². The van der Waals surface area contributed by atoms with Gasteiger partial charge in [-0.15, -0.1) is 0 Å². The van der Waals surface area contributed by atoms with Crippen LogP contribution in [0.5, 0.6) is 5.75 Å². The highest BCUT2D eigenvalue weighted by atomic mass is 16.5. The second-order valence-corrected chi connectivity index (χ2v) is 6.50. The minimum Gasteiger partial charge on any atom is -0.496 e. The molecule has 1 N–H and O–H groups in total. The van der Waals surface area contributed by atoms with Gasteiger partial charge in [0, 0.05) is 29.6 Å². The van der Waals surface area contributed by atoms with Gasteiger partial charge in [0.1, 0.15) is 5.75 Å². The molecule has 0 unspecified atom stereocenters. The van der Waals surface area contributed by atoms with Gasteiger partial charge in [-0.05, 0) is 36.1 Å². The number of nitrogens with one attached hydrogen (secondary N) is 1. The van der Waals surface area contributed by atoms with E-state index in [0.717, 1.165) is 29.8 Å². The summed E-state index contributed by atoms with van der Waals surface area (Å²) in [5.41, 5.74) is 4.79. The van der Waals surface area contributed by atoms with Crippen LogP contribution in [0.2, 0.25) is 0 Å². The zero-order valence-corrected chi connectivity index (χ0v) is 14.4. The predicted octanol–water partition coefficient (Wildman–Crippen LogP) is 3.69. The fourth-order valence-electron chi connectivity index (χ4n) is 3.72. The highest BCUT2D eigenvalue weighted by Crippen LogP contribution is 2.28. The number of aromatic amines is 1. The first-order valence-electron chi connectivity index (χ1n) is 8.74. The largest absolute Gasteiger partial charge is 0.496 e. The van der Waals surface area contributed by atoms with Crippen molar-refractivity contribution in [2.24, 2.45) is 0 Å². The number of aromatic nitrogens is 1. The molecule has 0 spiro atoms. The normalized spacial score (nSPS) is 13.7. The number of methoxy groups -OCH3 is 1. The zero-order chi connectivity index (χ0) is 17.2. The highest BCUT2D eigenvalue weighted by Gasteiger charge is 2.23. The summed E-state index contributed by atoms with van der Waals surface area (Å²) in [6.07, 6.45) is 2.13. The van der Waals surface area contributed by atoms with Gasteiger partial charge in [0.2, 0.25) is 5.91 Å². The van der Waals surface area contributed by atoms with Crippen molar-refractivity contribution < 1.29 is 9.53 Å². The Morgan fingerprint density at radius 3 is 2.84 bits per heavy atom. The predicted molar refractivity (Wildman–Crippen MR) is 98.7 cm³/mol. The Morgan fingerprint density at radius 2 is 1.96 bits per heavy atom. The number of amides is 1. The zero-order valence-electron chi connectivity index (χ0n) is 14.4. The lowest BCUT2D eigenvalue weighted by molar-refractivity contribution is -0.132. The average Bonchev–Trinajstić information content (AvgIpc) is 3.04. The Labute approximate surface area is 147 Å². The lowest BCUT2D eigenvalue weighted by Gasteiger charge is -2.27. The minimum absolute atomic E-state index is 0.204. The number of aryl methyl sites for hydroxylation is 1. The first-order chi connectivity index (χ1) is 12.3. The molecule has 25 heavy (non-hydrogen) atoms. The number of H-pyrrole nitrogens is 1. The quantitative estimate of drug-likeness (QED) is 0.791. The lowest BCUT2D eigenvalue weighted by atomic mass is 10.0. The highest BCUT2D eigenvalue weighted by molar-refractivity contribution is 5.85. The van der Waals surface area contributed by atoms with Crippen LogP contribution in [-0.4, -0.2) is 29.4 Å². The summed E-state index contributed by atoms with van der Waals surface area (Å²) in [7, 11) is 1.67. The van der Waals surface area contributed by atoms with Gasteiger partial charge >= 0.3 is 0 Å². The molecule has 1 amide bonds. The number of carbonyl (C=O) groups excluding carboxylic acids is 1. The Hall–Kier alpha value is -2.75. The van der Waals surface area contributed by atoms with Crippen LogP contribution < -0.4 is 4.74 Å². The van der Waals surface area contributed by atoms with Gasteiger partial charge in [0.05, 0.1) is 13.7 Å². The van der Waals surface area contributed by atoms with Crippen molar-refractivity contribution >= 4 is 16.8 Å². The van der Waals surface area contributed by atoms with Gasteiger partial charge in [-0.2, -0.15) is 0 Å². The Morgan fingerprint density at radius 1 is 1.16 bits per heavy atom. The lowest BCUT2D eigenvalue weighted by Crippen LogP contribution is -2.36. The van der Waals surface area contributed by atoms with Crippen molar-refractivity contribution in [2.75, 3.05) is 13.7 Å². The Bertz CT molecular complexity index is 913. The van der Waals surface area contributed by atoms with Gasteiger partial charge < -0.3 is 14.6 Å². The van der Waals surface area contributed by atoms with Crippen molar-refractivity contribution in [3.05, 3.63) is 65.4 Å². The fourth-order valence-corrected chi connectivity index (χ4v) is 3.72. The monoisotopic (exact) mass is 334 g/mol. The molecule has 0 aliphatic carbocycles. The number of benzene rings is 2. The summed E-state index contributed by atoms with van der Waals surface area (Å²) in [6.45, 7) is 1.47. The number of hydrogen-bond acceptors (Lipinski definition) is 2. The first-order valence-corrected chi connectivity index (χ1v) is 8.74. The molecule has 2 heterocycles. The standard InChI is InChI=1S/C21H22N2O2/c1-25-20-9-5-2-6-15(20)10-11-21(24)23-13-12-17-16-7-3-4-8-18(16)22-19(17)14-23/h2-9,22H,10-14H2,1H3. The molecule has 1 aromatic heterocycles. The molecule has 1 aliphatic heterocycles. The third-order valence-electron chi connectivity index (χ3n) is 5.04. The SMILES string of the molecule is COc1ccccc1CCC(=O)N1CCc2c([nH]c3ccccc23)C1. The van der Waals surface area contributed by atoms with E-state index in [-0.39, 0.29) is 5.91 Å². The topological polar surface area (TPSA) is 45.3 Å². The molecule has 1 aliphatic rings. The van der Waals surface area contributed by atoms with E-state index in [1.165, 1.54) is 16.6 Å². The summed E-state index contributed by atoms with van der Waals surface area (Å²) < 4.78 is 5.37. The third-order valence-corrected chi connectivity index (χ3v) is 5.04. The van der Waals surface area contributed by atoms with Crippen LogP contribution in [0.3, 0.4) is 0 Å². The van der Waals surface area contributed by atoms with E-state index in [0.29, 0.717) is 19.4 Å². The molecule has 0 atom stereocenters. The molecule has 0 bridgehead atoms. The van der Waals surface area contributed by atoms with Gasteiger partial charge in [-0.3, -0.25) is 4.79 Å². The van der Waals surface area contributed by atoms with Crippen LogP contribution in [-0.2, 0) is 24.2 Å². The number of rotatable bonds is 4. The van der Waals surface area contributed by atoms with Crippen molar-refractivity contribution in [3.8, 4) is 5.75 Å². The van der Waals surface area contributed by atoms with Crippen LogP contribution in [0.4, 0.5) is 0 Å². The maximum atomic E-state index is 12.7. The molecule has 3 aromatic rings. The summed E-state index contributed by atoms with van der Waals surface area (Å²) >= 11 is 0. The second kappa shape index (κ2) is 6.63. The molecule has 4 heteroatoms. The summed E-state index contributed by atoms with van der Waals surface area (Å²) in [5, 5.41) is 1.29.